The van der Waals surface area contributed by atoms with Crippen LogP contribution in [-0.4, -0.2) is 21.8 Å². The molecule has 1 saturated carbocycles. The van der Waals surface area contributed by atoms with Crippen LogP contribution in [0.15, 0.2) is 42.6 Å². The van der Waals surface area contributed by atoms with Gasteiger partial charge in [0.15, 0.2) is 0 Å². The average molecular weight is 336 g/mol. The quantitative estimate of drug-likeness (QED) is 0.914. The molecule has 0 aliphatic heterocycles. The normalized spacial score (nSPS) is 13.3. The summed E-state index contributed by atoms with van der Waals surface area (Å²) in [5.41, 5.74) is 7.34. The summed E-state index contributed by atoms with van der Waals surface area (Å²) < 4.78 is 13.9. The van der Waals surface area contributed by atoms with Crippen LogP contribution in [0.1, 0.15) is 34.5 Å². The fraction of sp³-hybridized carbons (Fsp3) is 0.294. The first kappa shape index (κ1) is 17.4. The van der Waals surface area contributed by atoms with Crippen molar-refractivity contribution in [3.05, 3.63) is 65.2 Å². The molecule has 23 heavy (non-hydrogen) atoms. The lowest BCUT2D eigenvalue weighted by atomic mass is 10.1. The molecule has 4 nitrogen and oxygen atoms in total. The van der Waals surface area contributed by atoms with E-state index in [4.69, 9.17) is 5.73 Å². The number of aromatic nitrogens is 1. The first-order chi connectivity index (χ1) is 10.7. The Morgan fingerprint density at radius 3 is 2.70 bits per heavy atom. The van der Waals surface area contributed by atoms with Crippen molar-refractivity contribution in [3.8, 4) is 0 Å². The topological polar surface area (TPSA) is 59.2 Å². The number of hydrogen-bond donors (Lipinski definition) is 1. The highest BCUT2D eigenvalue weighted by Gasteiger charge is 2.33. The first-order valence-corrected chi connectivity index (χ1v) is 7.38. The number of hydrogen-bond acceptors (Lipinski definition) is 3. The molecular weight excluding hydrogens is 317 g/mol. The maximum absolute atomic E-state index is 13.9. The van der Waals surface area contributed by atoms with Crippen molar-refractivity contribution in [2.24, 2.45) is 5.73 Å². The van der Waals surface area contributed by atoms with Crippen molar-refractivity contribution in [1.82, 2.24) is 9.88 Å². The zero-order valence-electron chi connectivity index (χ0n) is 12.6. The second kappa shape index (κ2) is 7.53. The number of pyridine rings is 1. The van der Waals surface area contributed by atoms with Crippen LogP contribution in [0.2, 0.25) is 0 Å². The molecule has 0 bridgehead atoms. The molecule has 0 saturated heterocycles. The Hall–Kier alpha value is -1.98. The third-order valence-corrected chi connectivity index (χ3v) is 3.82. The molecule has 1 aliphatic carbocycles. The summed E-state index contributed by atoms with van der Waals surface area (Å²) in [5, 5.41) is 0. The number of benzene rings is 1. The number of carbonyl (C=O) groups excluding carboxylic acids is 1. The number of carbonyl (C=O) groups is 1. The van der Waals surface area contributed by atoms with E-state index >= 15 is 0 Å². The fourth-order valence-corrected chi connectivity index (χ4v) is 2.45. The van der Waals surface area contributed by atoms with E-state index in [9.17, 15) is 9.18 Å². The van der Waals surface area contributed by atoms with Gasteiger partial charge in [-0.05, 0) is 31.0 Å². The zero-order chi connectivity index (χ0) is 15.5. The third-order valence-electron chi connectivity index (χ3n) is 3.82. The third kappa shape index (κ3) is 4.06. The predicted octanol–water partition coefficient (Wildman–Crippen LogP) is 2.91. The van der Waals surface area contributed by atoms with Crippen LogP contribution < -0.4 is 5.73 Å². The van der Waals surface area contributed by atoms with Gasteiger partial charge in [-0.25, -0.2) is 4.39 Å². The summed E-state index contributed by atoms with van der Waals surface area (Å²) in [6, 6.07) is 10.2. The Bertz CT molecular complexity index is 691. The Morgan fingerprint density at radius 1 is 1.30 bits per heavy atom. The summed E-state index contributed by atoms with van der Waals surface area (Å²) >= 11 is 0. The highest BCUT2D eigenvalue weighted by molar-refractivity contribution is 5.94. The van der Waals surface area contributed by atoms with Gasteiger partial charge in [-0.15, -0.1) is 12.4 Å². The molecule has 1 fully saturated rings. The van der Waals surface area contributed by atoms with Crippen LogP contribution >= 0.6 is 12.4 Å². The van der Waals surface area contributed by atoms with E-state index < -0.39 is 0 Å². The molecule has 1 aliphatic rings. The van der Waals surface area contributed by atoms with Crippen molar-refractivity contribution in [2.75, 3.05) is 0 Å². The highest BCUT2D eigenvalue weighted by Crippen LogP contribution is 2.30. The van der Waals surface area contributed by atoms with Crippen LogP contribution in [0.4, 0.5) is 4.39 Å². The lowest BCUT2D eigenvalue weighted by Crippen LogP contribution is -2.33. The van der Waals surface area contributed by atoms with Gasteiger partial charge < -0.3 is 10.6 Å². The van der Waals surface area contributed by atoms with E-state index in [1.807, 2.05) is 0 Å². The Kier molecular flexibility index (Phi) is 5.69. The van der Waals surface area contributed by atoms with Crippen LogP contribution in [0.3, 0.4) is 0 Å². The smallest absolute Gasteiger partial charge is 0.254 e. The average Bonchev–Trinajstić information content (AvgIpc) is 3.38. The number of halogens is 2. The van der Waals surface area contributed by atoms with Gasteiger partial charge in [-0.3, -0.25) is 9.78 Å². The van der Waals surface area contributed by atoms with Crippen LogP contribution in [0.5, 0.6) is 0 Å². The molecule has 0 radical (unpaired) electrons. The molecule has 1 aromatic heterocycles. The van der Waals surface area contributed by atoms with Gasteiger partial charge in [0.1, 0.15) is 5.82 Å². The van der Waals surface area contributed by atoms with E-state index in [-0.39, 0.29) is 43.3 Å². The van der Waals surface area contributed by atoms with E-state index in [2.05, 4.69) is 4.98 Å². The number of nitrogens with zero attached hydrogens (tertiary/aromatic N) is 2. The van der Waals surface area contributed by atoms with Crippen LogP contribution in [-0.2, 0) is 13.1 Å². The highest BCUT2D eigenvalue weighted by atomic mass is 35.5. The maximum Gasteiger partial charge on any atom is 0.254 e. The Labute approximate surface area is 140 Å². The van der Waals surface area contributed by atoms with Crippen molar-refractivity contribution in [3.63, 3.8) is 0 Å². The largest absolute Gasteiger partial charge is 0.331 e. The summed E-state index contributed by atoms with van der Waals surface area (Å²) in [4.78, 5) is 18.6. The summed E-state index contributed by atoms with van der Waals surface area (Å²) in [7, 11) is 0. The predicted molar refractivity (Wildman–Crippen MR) is 88.7 cm³/mol. The molecule has 1 aromatic carbocycles. The monoisotopic (exact) mass is 335 g/mol. The molecule has 0 unspecified atom stereocenters. The maximum atomic E-state index is 13.9. The number of rotatable bonds is 5. The molecule has 3 rings (SSSR count). The fourth-order valence-electron chi connectivity index (χ4n) is 2.45. The lowest BCUT2D eigenvalue weighted by molar-refractivity contribution is 0.0728. The number of amides is 1. The Morgan fingerprint density at radius 2 is 2.04 bits per heavy atom. The van der Waals surface area contributed by atoms with Gasteiger partial charge in [0.25, 0.3) is 5.91 Å². The SMILES string of the molecule is Cl.NCc1cc(C(=O)N(Cc2ccccc2F)C2CC2)ccn1. The van der Waals surface area contributed by atoms with Gasteiger partial charge in [-0.2, -0.15) is 0 Å². The van der Waals surface area contributed by atoms with Gasteiger partial charge in [0.2, 0.25) is 0 Å². The van der Waals surface area contributed by atoms with E-state index in [1.54, 1.807) is 41.4 Å². The minimum atomic E-state index is -0.279. The van der Waals surface area contributed by atoms with Gasteiger partial charge in [0, 0.05) is 36.5 Å². The summed E-state index contributed by atoms with van der Waals surface area (Å²) in [6.07, 6.45) is 3.52. The lowest BCUT2D eigenvalue weighted by Gasteiger charge is -2.23. The standard InChI is InChI=1S/C17H18FN3O.ClH/c18-16-4-2-1-3-13(16)11-21(15-5-6-15)17(22)12-7-8-20-14(9-12)10-19;/h1-4,7-9,15H,5-6,10-11,19H2;1H. The van der Waals surface area contributed by atoms with Crippen LogP contribution in [0, 0.1) is 5.82 Å². The van der Waals surface area contributed by atoms with E-state index in [0.717, 1.165) is 12.8 Å². The van der Waals surface area contributed by atoms with Crippen molar-refractivity contribution in [1.29, 1.82) is 0 Å². The first-order valence-electron chi connectivity index (χ1n) is 7.38. The molecule has 2 N–H and O–H groups in total. The molecule has 1 heterocycles. The second-order valence-corrected chi connectivity index (χ2v) is 5.50. The van der Waals surface area contributed by atoms with E-state index in [1.165, 1.54) is 6.07 Å². The minimum absolute atomic E-state index is 0. The van der Waals surface area contributed by atoms with Crippen LogP contribution in [0.25, 0.3) is 0 Å². The molecule has 6 heteroatoms. The van der Waals surface area contributed by atoms with Crippen molar-refractivity contribution >= 4 is 18.3 Å². The minimum Gasteiger partial charge on any atom is -0.331 e. The molecule has 0 spiro atoms. The van der Waals surface area contributed by atoms with Crippen molar-refractivity contribution in [2.45, 2.75) is 32.0 Å². The number of nitrogens with two attached hydrogens (primary N) is 1. The molecule has 2 aromatic rings. The molecule has 1 amide bonds. The molecule has 0 atom stereocenters. The zero-order valence-corrected chi connectivity index (χ0v) is 13.4. The van der Waals surface area contributed by atoms with Gasteiger partial charge in [0.05, 0.1) is 5.69 Å². The van der Waals surface area contributed by atoms with Gasteiger partial charge in [-0.1, -0.05) is 18.2 Å². The summed E-state index contributed by atoms with van der Waals surface area (Å²) in [5.74, 6) is -0.374. The Balaban J connectivity index is 0.00000192. The van der Waals surface area contributed by atoms with Crippen molar-refractivity contribution < 1.29 is 9.18 Å². The van der Waals surface area contributed by atoms with Gasteiger partial charge >= 0.3 is 0 Å². The summed E-state index contributed by atoms with van der Waals surface area (Å²) in [6.45, 7) is 0.578. The second-order valence-electron chi connectivity index (χ2n) is 5.50. The van der Waals surface area contributed by atoms with E-state index in [0.29, 0.717) is 16.8 Å². The molecule has 122 valence electrons. The molecular formula is C17H19ClFN3O.